The molecule has 4 nitrogen and oxygen atoms in total. The molecular formula is C11H18ClN3O. The molecule has 0 bridgehead atoms. The zero-order valence-corrected chi connectivity index (χ0v) is 10.2. The lowest BCUT2D eigenvalue weighted by atomic mass is 10.1. The zero-order chi connectivity index (χ0) is 10.7. The number of piperidine rings is 1. The molecule has 1 aliphatic heterocycles. The molecule has 0 aromatic carbocycles. The standard InChI is InChI=1S/C11H17N3O.ClH/c1-12-9-4-3-7-14(8-9)11-10(15)5-2-6-13-11;/h2,5-6,9,12,15H,3-4,7-8H2,1H3;1H. The van der Waals surface area contributed by atoms with E-state index in [1.54, 1.807) is 18.3 Å². The molecule has 1 unspecified atom stereocenters. The molecule has 0 aliphatic carbocycles. The van der Waals surface area contributed by atoms with Crippen molar-refractivity contribution in [3.05, 3.63) is 18.3 Å². The molecule has 1 atom stereocenters. The van der Waals surface area contributed by atoms with Gasteiger partial charge in [0.25, 0.3) is 0 Å². The third-order valence-corrected chi connectivity index (χ3v) is 2.90. The Morgan fingerprint density at radius 2 is 2.38 bits per heavy atom. The van der Waals surface area contributed by atoms with Gasteiger partial charge in [-0.15, -0.1) is 12.4 Å². The van der Waals surface area contributed by atoms with Crippen molar-refractivity contribution in [3.8, 4) is 5.75 Å². The molecule has 2 heterocycles. The van der Waals surface area contributed by atoms with Crippen LogP contribution in [-0.2, 0) is 0 Å². The Kier molecular flexibility index (Phi) is 4.83. The Bertz CT molecular complexity index is 335. The zero-order valence-electron chi connectivity index (χ0n) is 9.39. The summed E-state index contributed by atoms with van der Waals surface area (Å²) in [5, 5.41) is 13.0. The quantitative estimate of drug-likeness (QED) is 0.825. The van der Waals surface area contributed by atoms with Gasteiger partial charge in [-0.3, -0.25) is 0 Å². The Balaban J connectivity index is 0.00000128. The van der Waals surface area contributed by atoms with Crippen LogP contribution >= 0.6 is 12.4 Å². The third-order valence-electron chi connectivity index (χ3n) is 2.90. The normalized spacial score (nSPS) is 20.3. The van der Waals surface area contributed by atoms with E-state index in [-0.39, 0.29) is 18.2 Å². The molecular weight excluding hydrogens is 226 g/mol. The van der Waals surface area contributed by atoms with Crippen molar-refractivity contribution in [3.63, 3.8) is 0 Å². The lowest BCUT2D eigenvalue weighted by Crippen LogP contribution is -2.44. The predicted molar refractivity (Wildman–Crippen MR) is 67.4 cm³/mol. The van der Waals surface area contributed by atoms with Crippen LogP contribution in [0.4, 0.5) is 5.82 Å². The molecule has 0 saturated carbocycles. The summed E-state index contributed by atoms with van der Waals surface area (Å²) in [6.45, 7) is 1.89. The Morgan fingerprint density at radius 3 is 3.06 bits per heavy atom. The second-order valence-corrected chi connectivity index (χ2v) is 3.92. The lowest BCUT2D eigenvalue weighted by molar-refractivity contribution is 0.433. The number of pyridine rings is 1. The number of hydrogen-bond donors (Lipinski definition) is 2. The summed E-state index contributed by atoms with van der Waals surface area (Å²) < 4.78 is 0. The van der Waals surface area contributed by atoms with E-state index < -0.39 is 0 Å². The Morgan fingerprint density at radius 1 is 1.56 bits per heavy atom. The summed E-state index contributed by atoms with van der Waals surface area (Å²) in [6.07, 6.45) is 4.06. The molecule has 0 radical (unpaired) electrons. The third kappa shape index (κ3) is 2.77. The van der Waals surface area contributed by atoms with Crippen LogP contribution in [-0.4, -0.2) is 36.3 Å². The van der Waals surface area contributed by atoms with Gasteiger partial charge in [0.15, 0.2) is 11.6 Å². The van der Waals surface area contributed by atoms with Gasteiger partial charge in [0.1, 0.15) is 0 Å². The van der Waals surface area contributed by atoms with Crippen LogP contribution in [0.2, 0.25) is 0 Å². The topological polar surface area (TPSA) is 48.4 Å². The summed E-state index contributed by atoms with van der Waals surface area (Å²) in [6, 6.07) is 3.93. The van der Waals surface area contributed by atoms with Crippen LogP contribution in [0.15, 0.2) is 18.3 Å². The fraction of sp³-hybridized carbons (Fsp3) is 0.545. The van der Waals surface area contributed by atoms with Crippen LogP contribution in [0.3, 0.4) is 0 Å². The van der Waals surface area contributed by atoms with E-state index in [1.807, 2.05) is 7.05 Å². The number of aromatic hydroxyl groups is 1. The highest BCUT2D eigenvalue weighted by Gasteiger charge is 2.21. The minimum Gasteiger partial charge on any atom is -0.504 e. The highest BCUT2D eigenvalue weighted by molar-refractivity contribution is 5.85. The van der Waals surface area contributed by atoms with Gasteiger partial charge >= 0.3 is 0 Å². The number of hydrogen-bond acceptors (Lipinski definition) is 4. The second kappa shape index (κ2) is 5.92. The maximum atomic E-state index is 9.70. The van der Waals surface area contributed by atoms with Gasteiger partial charge in [-0.2, -0.15) is 0 Å². The molecule has 1 aliphatic rings. The number of nitrogens with one attached hydrogen (secondary N) is 1. The first-order valence-corrected chi connectivity index (χ1v) is 5.37. The van der Waals surface area contributed by atoms with E-state index in [9.17, 15) is 5.11 Å². The SMILES string of the molecule is CNC1CCCN(c2ncccc2O)C1.Cl. The average Bonchev–Trinajstić information content (AvgIpc) is 2.30. The molecule has 0 spiro atoms. The van der Waals surface area contributed by atoms with Gasteiger partial charge in [-0.25, -0.2) is 4.98 Å². The van der Waals surface area contributed by atoms with Crippen LogP contribution in [0.5, 0.6) is 5.75 Å². The summed E-state index contributed by atoms with van der Waals surface area (Å²) in [5.74, 6) is 0.978. The summed E-state index contributed by atoms with van der Waals surface area (Å²) in [7, 11) is 1.98. The molecule has 1 fully saturated rings. The number of aromatic nitrogens is 1. The molecule has 1 saturated heterocycles. The van der Waals surface area contributed by atoms with E-state index in [4.69, 9.17) is 0 Å². The second-order valence-electron chi connectivity index (χ2n) is 3.92. The number of anilines is 1. The molecule has 2 N–H and O–H groups in total. The largest absolute Gasteiger partial charge is 0.504 e. The van der Waals surface area contributed by atoms with Crippen molar-refractivity contribution >= 4 is 18.2 Å². The Hall–Kier alpha value is -1.00. The summed E-state index contributed by atoms with van der Waals surface area (Å²) >= 11 is 0. The monoisotopic (exact) mass is 243 g/mol. The molecule has 0 amide bonds. The smallest absolute Gasteiger partial charge is 0.171 e. The van der Waals surface area contributed by atoms with Crippen LogP contribution < -0.4 is 10.2 Å². The number of nitrogens with zero attached hydrogens (tertiary/aromatic N) is 2. The first-order valence-electron chi connectivity index (χ1n) is 5.37. The van der Waals surface area contributed by atoms with Gasteiger partial charge in [0.2, 0.25) is 0 Å². The predicted octanol–water partition coefficient (Wildman–Crippen LogP) is 1.40. The minimum atomic E-state index is 0. The molecule has 2 rings (SSSR count). The van der Waals surface area contributed by atoms with Crippen molar-refractivity contribution in [2.75, 3.05) is 25.0 Å². The highest BCUT2D eigenvalue weighted by Crippen LogP contribution is 2.26. The van der Waals surface area contributed by atoms with Gasteiger partial charge in [-0.05, 0) is 32.0 Å². The van der Waals surface area contributed by atoms with E-state index in [0.29, 0.717) is 11.9 Å². The van der Waals surface area contributed by atoms with E-state index in [2.05, 4.69) is 15.2 Å². The highest BCUT2D eigenvalue weighted by atomic mass is 35.5. The van der Waals surface area contributed by atoms with E-state index in [0.717, 1.165) is 19.5 Å². The first-order chi connectivity index (χ1) is 7.31. The van der Waals surface area contributed by atoms with Gasteiger partial charge in [0.05, 0.1) is 0 Å². The fourth-order valence-electron chi connectivity index (χ4n) is 2.04. The summed E-state index contributed by atoms with van der Waals surface area (Å²) in [5.41, 5.74) is 0. The fourth-order valence-corrected chi connectivity index (χ4v) is 2.04. The number of rotatable bonds is 2. The van der Waals surface area contributed by atoms with Crippen LogP contribution in [0, 0.1) is 0 Å². The molecule has 5 heteroatoms. The molecule has 16 heavy (non-hydrogen) atoms. The van der Waals surface area contributed by atoms with Crippen molar-refractivity contribution in [2.45, 2.75) is 18.9 Å². The molecule has 1 aromatic rings. The van der Waals surface area contributed by atoms with Crippen molar-refractivity contribution < 1.29 is 5.11 Å². The Labute approximate surface area is 102 Å². The van der Waals surface area contributed by atoms with Gasteiger partial charge in [0, 0.05) is 25.3 Å². The number of halogens is 1. The van der Waals surface area contributed by atoms with Crippen molar-refractivity contribution in [1.82, 2.24) is 10.3 Å². The van der Waals surface area contributed by atoms with E-state index in [1.165, 1.54) is 6.42 Å². The van der Waals surface area contributed by atoms with E-state index >= 15 is 0 Å². The van der Waals surface area contributed by atoms with Gasteiger partial charge in [-0.1, -0.05) is 0 Å². The minimum absolute atomic E-state index is 0. The number of likely N-dealkylation sites (N-methyl/N-ethyl adjacent to an activating group) is 1. The summed E-state index contributed by atoms with van der Waals surface area (Å²) in [4.78, 5) is 6.36. The molecule has 1 aromatic heterocycles. The first kappa shape index (κ1) is 13.1. The lowest BCUT2D eigenvalue weighted by Gasteiger charge is -2.33. The van der Waals surface area contributed by atoms with Crippen LogP contribution in [0.1, 0.15) is 12.8 Å². The average molecular weight is 244 g/mol. The maximum absolute atomic E-state index is 9.70. The van der Waals surface area contributed by atoms with Crippen molar-refractivity contribution in [2.24, 2.45) is 0 Å². The van der Waals surface area contributed by atoms with Gasteiger partial charge < -0.3 is 15.3 Å². The van der Waals surface area contributed by atoms with Crippen molar-refractivity contribution in [1.29, 1.82) is 0 Å². The van der Waals surface area contributed by atoms with Crippen LogP contribution in [0.25, 0.3) is 0 Å². The maximum Gasteiger partial charge on any atom is 0.171 e. The molecule has 90 valence electrons.